The quantitative estimate of drug-likeness (QED) is 0.836. The van der Waals surface area contributed by atoms with Gasteiger partial charge in [0.2, 0.25) is 5.91 Å². The fraction of sp³-hybridized carbons (Fsp3) is 0.462. The number of carbonyl (C=O) groups is 1. The lowest BCUT2D eigenvalue weighted by Gasteiger charge is -2.17. The van der Waals surface area contributed by atoms with Gasteiger partial charge < -0.3 is 15.4 Å². The molecule has 0 aromatic heterocycles. The number of halogens is 1. The number of rotatable bonds is 6. The molecule has 1 atom stereocenters. The third kappa shape index (κ3) is 4.11. The normalized spacial score (nSPS) is 11.8. The second-order valence-corrected chi connectivity index (χ2v) is 4.44. The van der Waals surface area contributed by atoms with Crippen LogP contribution in [0.1, 0.15) is 20.3 Å². The highest BCUT2D eigenvalue weighted by Crippen LogP contribution is 2.28. The Hall–Kier alpha value is -1.42. The third-order valence-electron chi connectivity index (χ3n) is 2.48. The van der Waals surface area contributed by atoms with Gasteiger partial charge in [0.25, 0.3) is 0 Å². The number of anilines is 1. The van der Waals surface area contributed by atoms with Gasteiger partial charge in [-0.1, -0.05) is 18.5 Å². The highest BCUT2D eigenvalue weighted by atomic mass is 35.5. The molecule has 4 nitrogen and oxygen atoms in total. The molecular weight excluding hydrogens is 252 g/mol. The molecule has 18 heavy (non-hydrogen) atoms. The fourth-order valence-electron chi connectivity index (χ4n) is 1.49. The van der Waals surface area contributed by atoms with Gasteiger partial charge in [0.05, 0.1) is 12.8 Å². The van der Waals surface area contributed by atoms with E-state index in [1.807, 2.05) is 6.92 Å². The predicted molar refractivity (Wildman–Crippen MR) is 74.4 cm³/mol. The molecule has 5 heteroatoms. The average molecular weight is 271 g/mol. The Balaban J connectivity index is 2.71. The zero-order valence-corrected chi connectivity index (χ0v) is 11.7. The van der Waals surface area contributed by atoms with Crippen LogP contribution in [0.5, 0.6) is 5.75 Å². The van der Waals surface area contributed by atoms with Gasteiger partial charge in [-0.05, 0) is 31.5 Å². The molecule has 0 saturated carbocycles. The summed E-state index contributed by atoms with van der Waals surface area (Å²) in [6.45, 7) is 4.49. The first-order valence-electron chi connectivity index (χ1n) is 5.96. The van der Waals surface area contributed by atoms with E-state index in [9.17, 15) is 4.79 Å². The van der Waals surface area contributed by atoms with Crippen molar-refractivity contribution in [2.24, 2.45) is 0 Å². The van der Waals surface area contributed by atoms with Crippen LogP contribution < -0.4 is 15.4 Å². The van der Waals surface area contributed by atoms with E-state index in [0.29, 0.717) is 23.0 Å². The minimum Gasteiger partial charge on any atom is -0.495 e. The molecule has 100 valence electrons. The van der Waals surface area contributed by atoms with Gasteiger partial charge >= 0.3 is 0 Å². The van der Waals surface area contributed by atoms with Gasteiger partial charge in [0.1, 0.15) is 11.8 Å². The van der Waals surface area contributed by atoms with Crippen LogP contribution in [0, 0.1) is 0 Å². The summed E-state index contributed by atoms with van der Waals surface area (Å²) in [4.78, 5) is 11.7. The molecule has 1 amide bonds. The number of benzene rings is 1. The Bertz CT molecular complexity index is 410. The second-order valence-electron chi connectivity index (χ2n) is 4.00. The van der Waals surface area contributed by atoms with Crippen LogP contribution >= 0.6 is 11.6 Å². The minimum absolute atomic E-state index is 0.0427. The van der Waals surface area contributed by atoms with Gasteiger partial charge in [-0.3, -0.25) is 4.79 Å². The molecule has 1 aromatic carbocycles. The monoisotopic (exact) mass is 270 g/mol. The van der Waals surface area contributed by atoms with Crippen LogP contribution in [0.25, 0.3) is 0 Å². The SMILES string of the molecule is CCCNC(=O)C(C)Nc1cc(Cl)ccc1OC. The maximum absolute atomic E-state index is 11.7. The lowest BCUT2D eigenvalue weighted by atomic mass is 10.2. The summed E-state index contributed by atoms with van der Waals surface area (Å²) in [5.41, 5.74) is 0.712. The van der Waals surface area contributed by atoms with Crippen molar-refractivity contribution in [3.8, 4) is 5.75 Å². The fourth-order valence-corrected chi connectivity index (χ4v) is 1.67. The lowest BCUT2D eigenvalue weighted by molar-refractivity contribution is -0.121. The molecule has 0 spiro atoms. The summed E-state index contributed by atoms with van der Waals surface area (Å²) in [5.74, 6) is 0.619. The van der Waals surface area contributed by atoms with Gasteiger partial charge in [-0.2, -0.15) is 0 Å². The van der Waals surface area contributed by atoms with Crippen molar-refractivity contribution < 1.29 is 9.53 Å². The smallest absolute Gasteiger partial charge is 0.242 e. The zero-order valence-electron chi connectivity index (χ0n) is 10.9. The van der Waals surface area contributed by atoms with Crippen molar-refractivity contribution in [2.75, 3.05) is 19.0 Å². The minimum atomic E-state index is -0.344. The molecule has 0 fully saturated rings. The van der Waals surface area contributed by atoms with E-state index >= 15 is 0 Å². The van der Waals surface area contributed by atoms with Gasteiger partial charge in [-0.25, -0.2) is 0 Å². The molecule has 1 rings (SSSR count). The van der Waals surface area contributed by atoms with Crippen LogP contribution in [0.15, 0.2) is 18.2 Å². The summed E-state index contributed by atoms with van der Waals surface area (Å²) in [5, 5.41) is 6.52. The standard InChI is InChI=1S/C13H19ClN2O2/c1-4-7-15-13(17)9(2)16-11-8-10(14)5-6-12(11)18-3/h5-6,8-9,16H,4,7H2,1-3H3,(H,15,17). The Labute approximate surface area is 113 Å². The van der Waals surface area contributed by atoms with Crippen molar-refractivity contribution in [1.29, 1.82) is 0 Å². The molecule has 0 aliphatic carbocycles. The second kappa shape index (κ2) is 7.11. The molecule has 0 saturated heterocycles. The summed E-state index contributed by atoms with van der Waals surface area (Å²) in [6.07, 6.45) is 0.916. The largest absolute Gasteiger partial charge is 0.495 e. The molecular formula is C13H19ClN2O2. The lowest BCUT2D eigenvalue weighted by Crippen LogP contribution is -2.37. The number of hydrogen-bond acceptors (Lipinski definition) is 3. The third-order valence-corrected chi connectivity index (χ3v) is 2.71. The highest BCUT2D eigenvalue weighted by Gasteiger charge is 2.14. The summed E-state index contributed by atoms with van der Waals surface area (Å²) < 4.78 is 5.21. The number of methoxy groups -OCH3 is 1. The van der Waals surface area contributed by atoms with Crippen LogP contribution in [0.2, 0.25) is 5.02 Å². The van der Waals surface area contributed by atoms with E-state index in [4.69, 9.17) is 16.3 Å². The first kappa shape index (κ1) is 14.6. The van der Waals surface area contributed by atoms with Crippen molar-refractivity contribution in [1.82, 2.24) is 5.32 Å². The van der Waals surface area contributed by atoms with E-state index in [2.05, 4.69) is 10.6 Å². The topological polar surface area (TPSA) is 50.4 Å². The number of amides is 1. The van der Waals surface area contributed by atoms with Crippen molar-refractivity contribution in [2.45, 2.75) is 26.3 Å². The maximum atomic E-state index is 11.7. The van der Waals surface area contributed by atoms with Crippen molar-refractivity contribution in [3.63, 3.8) is 0 Å². The summed E-state index contributed by atoms with van der Waals surface area (Å²) in [7, 11) is 1.58. The van der Waals surface area contributed by atoms with Crippen LogP contribution in [-0.4, -0.2) is 25.6 Å². The van der Waals surface area contributed by atoms with E-state index in [-0.39, 0.29) is 11.9 Å². The molecule has 1 aromatic rings. The van der Waals surface area contributed by atoms with Crippen molar-refractivity contribution in [3.05, 3.63) is 23.2 Å². The predicted octanol–water partition coefficient (Wildman–Crippen LogP) is 2.68. The van der Waals surface area contributed by atoms with E-state index in [0.717, 1.165) is 6.42 Å². The number of nitrogens with one attached hydrogen (secondary N) is 2. The first-order valence-corrected chi connectivity index (χ1v) is 6.34. The molecule has 1 unspecified atom stereocenters. The maximum Gasteiger partial charge on any atom is 0.242 e. The Kier molecular flexibility index (Phi) is 5.78. The molecule has 2 N–H and O–H groups in total. The van der Waals surface area contributed by atoms with Crippen LogP contribution in [0.3, 0.4) is 0 Å². The first-order chi connectivity index (χ1) is 8.58. The Morgan fingerprint density at radius 2 is 2.22 bits per heavy atom. The summed E-state index contributed by atoms with van der Waals surface area (Å²) in [6, 6.07) is 4.91. The Morgan fingerprint density at radius 3 is 2.83 bits per heavy atom. The number of hydrogen-bond donors (Lipinski definition) is 2. The number of ether oxygens (including phenoxy) is 1. The van der Waals surface area contributed by atoms with Gasteiger partial charge in [-0.15, -0.1) is 0 Å². The van der Waals surface area contributed by atoms with E-state index in [1.54, 1.807) is 32.2 Å². The van der Waals surface area contributed by atoms with E-state index < -0.39 is 0 Å². The molecule has 0 heterocycles. The van der Waals surface area contributed by atoms with Crippen molar-refractivity contribution >= 4 is 23.2 Å². The average Bonchev–Trinajstić information content (AvgIpc) is 2.36. The molecule has 0 radical (unpaired) electrons. The molecule has 0 aliphatic rings. The number of carbonyl (C=O) groups excluding carboxylic acids is 1. The van der Waals surface area contributed by atoms with Crippen LogP contribution in [0.4, 0.5) is 5.69 Å². The molecule has 0 bridgehead atoms. The van der Waals surface area contributed by atoms with Crippen LogP contribution in [-0.2, 0) is 4.79 Å². The van der Waals surface area contributed by atoms with Gasteiger partial charge in [0.15, 0.2) is 0 Å². The molecule has 0 aliphatic heterocycles. The van der Waals surface area contributed by atoms with E-state index in [1.165, 1.54) is 0 Å². The summed E-state index contributed by atoms with van der Waals surface area (Å²) >= 11 is 5.92. The van der Waals surface area contributed by atoms with Gasteiger partial charge in [0, 0.05) is 11.6 Å². The Morgan fingerprint density at radius 1 is 1.50 bits per heavy atom. The zero-order chi connectivity index (χ0) is 13.5. The highest BCUT2D eigenvalue weighted by molar-refractivity contribution is 6.30.